The lowest BCUT2D eigenvalue weighted by molar-refractivity contribution is 0.112. The molecule has 0 aliphatic carbocycles. The van der Waals surface area contributed by atoms with Gasteiger partial charge in [0.2, 0.25) is 0 Å². The third-order valence-electron chi connectivity index (χ3n) is 1.34. The minimum atomic E-state index is 0.729. The molecule has 1 heterocycles. The molecule has 0 bridgehead atoms. The highest BCUT2D eigenvalue weighted by Gasteiger charge is 1.79. The Hall–Kier alpha value is -2.10. The van der Waals surface area contributed by atoms with E-state index in [-0.39, 0.29) is 0 Å². The topological polar surface area (TPSA) is 55.7 Å². The summed E-state index contributed by atoms with van der Waals surface area (Å²) < 4.78 is 0. The highest BCUT2D eigenvalue weighted by molar-refractivity contribution is 5.74. The van der Waals surface area contributed by atoms with E-state index in [2.05, 4.69) is 15.4 Å². The molecule has 0 atom stereocenters. The molecule has 1 aromatic carbocycles. The molecule has 0 radical (unpaired) electrons. The van der Waals surface area contributed by atoms with Gasteiger partial charge < -0.3 is 0 Å². The average Bonchev–Trinajstić information content (AvgIpc) is 2.33. The number of carbonyl (C=O) groups excluding carboxylic acids is 1. The molecule has 0 aliphatic rings. The van der Waals surface area contributed by atoms with E-state index >= 15 is 0 Å². The summed E-state index contributed by atoms with van der Waals surface area (Å²) in [6.07, 6.45) is 3.99. The molecule has 0 fully saturated rings. The molecule has 0 spiro atoms. The Morgan fingerprint density at radius 1 is 0.929 bits per heavy atom. The van der Waals surface area contributed by atoms with Crippen LogP contribution in [-0.2, 0) is 0 Å². The lowest BCUT2D eigenvalue weighted by Crippen LogP contribution is -1.78. The highest BCUT2D eigenvalue weighted by Crippen LogP contribution is 1.91. The summed E-state index contributed by atoms with van der Waals surface area (Å²) in [4.78, 5) is 10.0. The van der Waals surface area contributed by atoms with E-state index in [1.807, 2.05) is 18.2 Å². The van der Waals surface area contributed by atoms with Crippen molar-refractivity contribution in [3.8, 4) is 0 Å². The number of nitrogens with zero attached hydrogens (tertiary/aromatic N) is 3. The molecule has 0 saturated carbocycles. The summed E-state index contributed by atoms with van der Waals surface area (Å²) in [7, 11) is 0. The Balaban J connectivity index is 0.000000146. The van der Waals surface area contributed by atoms with Gasteiger partial charge in [0, 0.05) is 5.56 Å². The first-order valence-corrected chi connectivity index (χ1v) is 4.02. The first-order chi connectivity index (χ1) is 6.93. The number of rotatable bonds is 1. The van der Waals surface area contributed by atoms with Gasteiger partial charge in [-0.05, 0) is 11.3 Å². The predicted molar refractivity (Wildman–Crippen MR) is 51.7 cm³/mol. The Morgan fingerprint density at radius 3 is 1.86 bits per heavy atom. The fourth-order valence-corrected chi connectivity index (χ4v) is 0.737. The van der Waals surface area contributed by atoms with Crippen molar-refractivity contribution in [3.63, 3.8) is 0 Å². The van der Waals surface area contributed by atoms with E-state index in [1.54, 1.807) is 30.6 Å². The summed E-state index contributed by atoms with van der Waals surface area (Å²) >= 11 is 0. The van der Waals surface area contributed by atoms with Crippen LogP contribution in [0.15, 0.2) is 48.8 Å². The second-order valence-electron chi connectivity index (χ2n) is 2.34. The molecule has 2 rings (SSSR count). The lowest BCUT2D eigenvalue weighted by Gasteiger charge is -1.81. The Bertz CT molecular complexity index is 324. The minimum absolute atomic E-state index is 0.729. The van der Waals surface area contributed by atoms with E-state index in [1.165, 1.54) is 0 Å². The van der Waals surface area contributed by atoms with Crippen molar-refractivity contribution in [2.24, 2.45) is 0 Å². The SMILES string of the molecule is O=Cc1ccccc1.c1cnnnc1. The number of aromatic nitrogens is 3. The van der Waals surface area contributed by atoms with Crippen LogP contribution in [-0.4, -0.2) is 21.7 Å². The molecule has 2 aromatic rings. The number of benzene rings is 1. The summed E-state index contributed by atoms with van der Waals surface area (Å²) in [6, 6.07) is 10.8. The smallest absolute Gasteiger partial charge is 0.150 e. The minimum Gasteiger partial charge on any atom is -0.298 e. The van der Waals surface area contributed by atoms with E-state index < -0.39 is 0 Å². The van der Waals surface area contributed by atoms with Crippen molar-refractivity contribution in [1.82, 2.24) is 15.4 Å². The summed E-state index contributed by atoms with van der Waals surface area (Å²) in [5.41, 5.74) is 0.729. The Labute approximate surface area is 81.6 Å². The summed E-state index contributed by atoms with van der Waals surface area (Å²) in [5, 5.41) is 10.1. The third kappa shape index (κ3) is 4.06. The van der Waals surface area contributed by atoms with Crippen molar-refractivity contribution in [2.75, 3.05) is 0 Å². The van der Waals surface area contributed by atoms with Crippen LogP contribution in [0.25, 0.3) is 0 Å². The molecule has 4 nitrogen and oxygen atoms in total. The first kappa shape index (κ1) is 9.98. The van der Waals surface area contributed by atoms with Gasteiger partial charge >= 0.3 is 0 Å². The number of hydrogen-bond acceptors (Lipinski definition) is 4. The first-order valence-electron chi connectivity index (χ1n) is 4.02. The van der Waals surface area contributed by atoms with Gasteiger partial charge in [0.15, 0.2) is 0 Å². The zero-order chi connectivity index (χ0) is 10.1. The molecule has 0 N–H and O–H groups in total. The van der Waals surface area contributed by atoms with Crippen LogP contribution >= 0.6 is 0 Å². The van der Waals surface area contributed by atoms with Gasteiger partial charge in [-0.15, -0.1) is 10.2 Å². The zero-order valence-corrected chi connectivity index (χ0v) is 7.45. The van der Waals surface area contributed by atoms with E-state index in [0.717, 1.165) is 11.8 Å². The maximum absolute atomic E-state index is 10.0. The molecule has 0 amide bonds. The highest BCUT2D eigenvalue weighted by atomic mass is 16.1. The van der Waals surface area contributed by atoms with Gasteiger partial charge in [-0.2, -0.15) is 0 Å². The van der Waals surface area contributed by atoms with Crippen molar-refractivity contribution in [3.05, 3.63) is 54.4 Å². The summed E-state index contributed by atoms with van der Waals surface area (Å²) in [6.45, 7) is 0. The van der Waals surface area contributed by atoms with Gasteiger partial charge in [0.1, 0.15) is 6.29 Å². The molecular weight excluding hydrogens is 178 g/mol. The van der Waals surface area contributed by atoms with Crippen molar-refractivity contribution in [2.45, 2.75) is 0 Å². The molecule has 0 saturated heterocycles. The fraction of sp³-hybridized carbons (Fsp3) is 0. The molecule has 1 aromatic heterocycles. The van der Waals surface area contributed by atoms with Crippen LogP contribution in [0, 0.1) is 0 Å². The standard InChI is InChI=1S/C7H6O.C3H3N3/c8-6-7-4-2-1-3-5-7;1-2-4-6-5-3-1/h1-6H;1-3H. The maximum atomic E-state index is 10.0. The molecule has 0 aliphatic heterocycles. The quantitative estimate of drug-likeness (QED) is 0.633. The third-order valence-corrected chi connectivity index (χ3v) is 1.34. The van der Waals surface area contributed by atoms with Crippen LogP contribution in [0.4, 0.5) is 0 Å². The number of hydrogen-bond donors (Lipinski definition) is 0. The Kier molecular flexibility index (Phi) is 4.58. The maximum Gasteiger partial charge on any atom is 0.150 e. The second-order valence-corrected chi connectivity index (χ2v) is 2.34. The van der Waals surface area contributed by atoms with Gasteiger partial charge in [0.25, 0.3) is 0 Å². The molecule has 14 heavy (non-hydrogen) atoms. The van der Waals surface area contributed by atoms with Crippen LogP contribution in [0.2, 0.25) is 0 Å². The number of aldehydes is 1. The zero-order valence-electron chi connectivity index (χ0n) is 7.45. The van der Waals surface area contributed by atoms with Crippen molar-refractivity contribution >= 4 is 6.29 Å². The average molecular weight is 187 g/mol. The monoisotopic (exact) mass is 187 g/mol. The van der Waals surface area contributed by atoms with Crippen LogP contribution in [0.3, 0.4) is 0 Å². The van der Waals surface area contributed by atoms with Crippen LogP contribution < -0.4 is 0 Å². The number of carbonyl (C=O) groups is 1. The fourth-order valence-electron chi connectivity index (χ4n) is 0.737. The van der Waals surface area contributed by atoms with Crippen molar-refractivity contribution < 1.29 is 4.79 Å². The summed E-state index contributed by atoms with van der Waals surface area (Å²) in [5.74, 6) is 0. The van der Waals surface area contributed by atoms with Gasteiger partial charge in [0.05, 0.1) is 12.4 Å². The van der Waals surface area contributed by atoms with Crippen molar-refractivity contribution in [1.29, 1.82) is 0 Å². The van der Waals surface area contributed by atoms with E-state index in [9.17, 15) is 4.79 Å². The molecule has 0 unspecified atom stereocenters. The molecular formula is C10H9N3O. The van der Waals surface area contributed by atoms with Crippen LogP contribution in [0.5, 0.6) is 0 Å². The lowest BCUT2D eigenvalue weighted by atomic mass is 10.2. The normalized spacial score (nSPS) is 8.29. The van der Waals surface area contributed by atoms with Gasteiger partial charge in [-0.1, -0.05) is 30.3 Å². The largest absolute Gasteiger partial charge is 0.298 e. The Morgan fingerprint density at radius 2 is 1.57 bits per heavy atom. The van der Waals surface area contributed by atoms with E-state index in [0.29, 0.717) is 0 Å². The van der Waals surface area contributed by atoms with Gasteiger partial charge in [-0.25, -0.2) is 0 Å². The van der Waals surface area contributed by atoms with Gasteiger partial charge in [-0.3, -0.25) is 4.79 Å². The molecule has 70 valence electrons. The predicted octanol–water partition coefficient (Wildman–Crippen LogP) is 1.37. The molecule has 4 heteroatoms. The van der Waals surface area contributed by atoms with E-state index in [4.69, 9.17) is 0 Å². The second kappa shape index (κ2) is 6.42. The van der Waals surface area contributed by atoms with Crippen LogP contribution in [0.1, 0.15) is 10.4 Å².